The van der Waals surface area contributed by atoms with Crippen LogP contribution in [0.1, 0.15) is 0 Å². The number of nitriles is 1. The molecule has 4 heteroatoms. The van der Waals surface area contributed by atoms with Crippen LogP contribution in [0, 0.1) is 11.3 Å². The number of hydrogen-bond acceptors (Lipinski definition) is 3. The first-order chi connectivity index (χ1) is 4.26. The summed E-state index contributed by atoms with van der Waals surface area (Å²) in [7, 11) is 2.75. The summed E-state index contributed by atoms with van der Waals surface area (Å²) in [5, 5.41) is 8.08. The maximum Gasteiger partial charge on any atom is 0.309 e. The van der Waals surface area contributed by atoms with Crippen molar-refractivity contribution < 1.29 is 9.47 Å². The van der Waals surface area contributed by atoms with Crippen molar-refractivity contribution in [2.75, 3.05) is 14.2 Å². The molecule has 50 valence electrons. The molecule has 0 bridgehead atoms. The Labute approximate surface area is 58.4 Å². The SMILES string of the molecule is COC(OC)=C(Cl)C#N. The van der Waals surface area contributed by atoms with Crippen molar-refractivity contribution in [2.45, 2.75) is 0 Å². The molecular weight excluding hydrogens is 142 g/mol. The van der Waals surface area contributed by atoms with Gasteiger partial charge in [0.25, 0.3) is 0 Å². The van der Waals surface area contributed by atoms with Crippen molar-refractivity contribution in [3.8, 4) is 6.07 Å². The minimum absolute atomic E-state index is 0.0409. The van der Waals surface area contributed by atoms with Gasteiger partial charge in [0.05, 0.1) is 14.2 Å². The minimum atomic E-state index is -0.0833. The monoisotopic (exact) mass is 147 g/mol. The van der Waals surface area contributed by atoms with E-state index in [0.29, 0.717) is 0 Å². The highest BCUT2D eigenvalue weighted by molar-refractivity contribution is 6.32. The summed E-state index contributed by atoms with van der Waals surface area (Å²) in [5.74, 6) is 0.0409. The van der Waals surface area contributed by atoms with Gasteiger partial charge in [-0.2, -0.15) is 5.26 Å². The van der Waals surface area contributed by atoms with Gasteiger partial charge in [-0.3, -0.25) is 0 Å². The van der Waals surface area contributed by atoms with E-state index in [1.807, 2.05) is 0 Å². The van der Waals surface area contributed by atoms with Gasteiger partial charge in [0, 0.05) is 0 Å². The Balaban J connectivity index is 4.23. The second kappa shape index (κ2) is 4.04. The van der Waals surface area contributed by atoms with Gasteiger partial charge in [-0.15, -0.1) is 0 Å². The Hall–Kier alpha value is -0.880. The third-order valence-corrected chi connectivity index (χ3v) is 0.887. The van der Waals surface area contributed by atoms with Gasteiger partial charge in [-0.1, -0.05) is 11.6 Å². The van der Waals surface area contributed by atoms with Gasteiger partial charge in [-0.05, 0) is 0 Å². The molecule has 0 aromatic rings. The van der Waals surface area contributed by atoms with E-state index < -0.39 is 0 Å². The van der Waals surface area contributed by atoms with Gasteiger partial charge in [0.15, 0.2) is 5.03 Å². The van der Waals surface area contributed by atoms with Crippen LogP contribution >= 0.6 is 11.6 Å². The first-order valence-electron chi connectivity index (χ1n) is 2.14. The zero-order valence-electron chi connectivity index (χ0n) is 5.14. The molecule has 0 aromatic heterocycles. The highest BCUT2D eigenvalue weighted by atomic mass is 35.5. The molecule has 0 rings (SSSR count). The van der Waals surface area contributed by atoms with E-state index in [4.69, 9.17) is 16.9 Å². The lowest BCUT2D eigenvalue weighted by molar-refractivity contribution is 0.0945. The fourth-order valence-corrected chi connectivity index (χ4v) is 0.462. The van der Waals surface area contributed by atoms with E-state index in [9.17, 15) is 0 Å². The molecule has 0 atom stereocenters. The average molecular weight is 148 g/mol. The largest absolute Gasteiger partial charge is 0.467 e. The van der Waals surface area contributed by atoms with Crippen LogP contribution in [0.2, 0.25) is 0 Å². The number of nitrogens with zero attached hydrogens (tertiary/aromatic N) is 1. The summed E-state index contributed by atoms with van der Waals surface area (Å²) in [4.78, 5) is 0. The molecule has 0 aliphatic carbocycles. The second-order valence-electron chi connectivity index (χ2n) is 1.12. The summed E-state index contributed by atoms with van der Waals surface area (Å²) in [6.45, 7) is 0. The summed E-state index contributed by atoms with van der Waals surface area (Å²) in [5.41, 5.74) is 0. The van der Waals surface area contributed by atoms with Gasteiger partial charge in [-0.25, -0.2) is 0 Å². The quantitative estimate of drug-likeness (QED) is 0.436. The molecule has 0 spiro atoms. The van der Waals surface area contributed by atoms with Gasteiger partial charge in [0.2, 0.25) is 0 Å². The molecule has 3 nitrogen and oxygen atoms in total. The van der Waals surface area contributed by atoms with Crippen molar-refractivity contribution >= 4 is 11.6 Å². The fourth-order valence-electron chi connectivity index (χ4n) is 0.308. The lowest BCUT2D eigenvalue weighted by atomic mass is 10.6. The van der Waals surface area contributed by atoms with E-state index in [1.54, 1.807) is 6.07 Å². The lowest BCUT2D eigenvalue weighted by Gasteiger charge is -2.00. The van der Waals surface area contributed by atoms with Crippen molar-refractivity contribution in [1.82, 2.24) is 0 Å². The second-order valence-corrected chi connectivity index (χ2v) is 1.50. The predicted octanol–water partition coefficient (Wildman–Crippen LogP) is 1.21. The van der Waals surface area contributed by atoms with E-state index in [1.165, 1.54) is 14.2 Å². The van der Waals surface area contributed by atoms with Crippen LogP contribution in [0.5, 0.6) is 0 Å². The Bertz CT molecular complexity index is 153. The van der Waals surface area contributed by atoms with Crippen molar-refractivity contribution in [2.24, 2.45) is 0 Å². The molecule has 0 N–H and O–H groups in total. The molecule has 0 radical (unpaired) electrons. The van der Waals surface area contributed by atoms with Crippen LogP contribution in [-0.2, 0) is 9.47 Å². The van der Waals surface area contributed by atoms with E-state index in [0.717, 1.165) is 0 Å². The van der Waals surface area contributed by atoms with Crippen molar-refractivity contribution in [3.05, 3.63) is 11.0 Å². The fraction of sp³-hybridized carbons (Fsp3) is 0.400. The summed E-state index contributed by atoms with van der Waals surface area (Å²) >= 11 is 5.30. The van der Waals surface area contributed by atoms with E-state index in [-0.39, 0.29) is 11.0 Å². The Morgan fingerprint density at radius 3 is 2.00 bits per heavy atom. The van der Waals surface area contributed by atoms with Crippen LogP contribution in [0.15, 0.2) is 11.0 Å². The topological polar surface area (TPSA) is 42.2 Å². The minimum Gasteiger partial charge on any atom is -0.467 e. The van der Waals surface area contributed by atoms with Crippen molar-refractivity contribution in [3.63, 3.8) is 0 Å². The molecule has 9 heavy (non-hydrogen) atoms. The summed E-state index contributed by atoms with van der Waals surface area (Å²) < 4.78 is 9.11. The number of methoxy groups -OCH3 is 2. The third-order valence-electron chi connectivity index (χ3n) is 0.648. The number of hydrogen-bond donors (Lipinski definition) is 0. The maximum atomic E-state index is 8.17. The summed E-state index contributed by atoms with van der Waals surface area (Å²) in [6, 6.07) is 1.66. The molecule has 0 unspecified atom stereocenters. The van der Waals surface area contributed by atoms with Crippen LogP contribution in [0.3, 0.4) is 0 Å². The number of ether oxygens (including phenoxy) is 2. The number of rotatable bonds is 2. The molecule has 0 aliphatic rings. The Morgan fingerprint density at radius 1 is 1.44 bits per heavy atom. The van der Waals surface area contributed by atoms with Gasteiger partial charge >= 0.3 is 5.95 Å². The Morgan fingerprint density at radius 2 is 1.89 bits per heavy atom. The zero-order valence-corrected chi connectivity index (χ0v) is 5.90. The number of allylic oxidation sites excluding steroid dienone is 1. The third kappa shape index (κ3) is 2.24. The van der Waals surface area contributed by atoms with Crippen LogP contribution < -0.4 is 0 Å². The molecule has 0 aromatic carbocycles. The highest BCUT2D eigenvalue weighted by Gasteiger charge is 2.01. The van der Waals surface area contributed by atoms with Crippen molar-refractivity contribution in [1.29, 1.82) is 5.26 Å². The zero-order chi connectivity index (χ0) is 7.28. The predicted molar refractivity (Wildman–Crippen MR) is 32.5 cm³/mol. The smallest absolute Gasteiger partial charge is 0.309 e. The summed E-state index contributed by atoms with van der Waals surface area (Å²) in [6.07, 6.45) is 0. The standard InChI is InChI=1S/C5H6ClNO2/c1-8-5(9-2)4(6)3-7/h1-2H3. The van der Waals surface area contributed by atoms with Crippen LogP contribution in [0.4, 0.5) is 0 Å². The molecule has 0 heterocycles. The Kier molecular flexibility index (Phi) is 3.65. The van der Waals surface area contributed by atoms with Gasteiger partial charge < -0.3 is 9.47 Å². The molecule has 0 amide bonds. The molecule has 0 aliphatic heterocycles. The lowest BCUT2D eigenvalue weighted by Crippen LogP contribution is -1.90. The molecule has 0 fully saturated rings. The van der Waals surface area contributed by atoms with E-state index in [2.05, 4.69) is 9.47 Å². The molecule has 0 saturated carbocycles. The highest BCUT2D eigenvalue weighted by Crippen LogP contribution is 2.08. The number of halogens is 1. The van der Waals surface area contributed by atoms with Crippen LogP contribution in [0.25, 0.3) is 0 Å². The maximum absolute atomic E-state index is 8.17. The normalized spacial score (nSPS) is 7.33. The average Bonchev–Trinajstić information content (AvgIpc) is 1.90. The van der Waals surface area contributed by atoms with Crippen LogP contribution in [-0.4, -0.2) is 14.2 Å². The molecule has 0 saturated heterocycles. The van der Waals surface area contributed by atoms with Gasteiger partial charge in [0.1, 0.15) is 6.07 Å². The molecular formula is C5H6ClNO2. The van der Waals surface area contributed by atoms with E-state index >= 15 is 0 Å². The first kappa shape index (κ1) is 8.12. The first-order valence-corrected chi connectivity index (χ1v) is 2.52.